The molecular weight excluding hydrogens is 649 g/mol. The van der Waals surface area contributed by atoms with Crippen LogP contribution in [0.3, 0.4) is 0 Å². The van der Waals surface area contributed by atoms with Crippen LogP contribution in [-0.2, 0) is 0 Å². The molecule has 0 aromatic heterocycles. The van der Waals surface area contributed by atoms with Gasteiger partial charge in [0.25, 0.3) is 0 Å². The lowest BCUT2D eigenvalue weighted by molar-refractivity contribution is 1.62. The summed E-state index contributed by atoms with van der Waals surface area (Å²) < 4.78 is 0. The summed E-state index contributed by atoms with van der Waals surface area (Å²) in [7, 11) is 0. The fourth-order valence-electron chi connectivity index (χ4n) is 8.93. The number of fused-ring (bicyclic) bond motifs is 8. The molecule has 0 saturated heterocycles. The second-order valence-corrected chi connectivity index (χ2v) is 14.4. The SMILES string of the molecule is c1cc(-c2ccc3ccccc3c2)cc(-c2c3ccccc3c(-c3cccc(-c4cc5ccc6ccccc6c5c5ccccc45)c3)c3ccccc23)c1. The third kappa shape index (κ3) is 4.85. The van der Waals surface area contributed by atoms with Crippen LogP contribution in [0.15, 0.2) is 206 Å². The predicted octanol–water partition coefficient (Wildman–Crippen LogP) is 15.3. The molecule has 0 fully saturated rings. The van der Waals surface area contributed by atoms with Crippen molar-refractivity contribution in [2.45, 2.75) is 0 Å². The average Bonchev–Trinajstić information content (AvgIpc) is 3.25. The molecule has 0 heteroatoms. The number of hydrogen-bond donors (Lipinski definition) is 0. The first-order valence-corrected chi connectivity index (χ1v) is 18.8. The van der Waals surface area contributed by atoms with Gasteiger partial charge in [-0.3, -0.25) is 0 Å². The Morgan fingerprint density at radius 2 is 0.648 bits per heavy atom. The van der Waals surface area contributed by atoms with Crippen molar-refractivity contribution in [1.29, 1.82) is 0 Å². The van der Waals surface area contributed by atoms with Crippen LogP contribution >= 0.6 is 0 Å². The zero-order chi connectivity index (χ0) is 35.6. The molecule has 0 unspecified atom stereocenters. The van der Waals surface area contributed by atoms with Gasteiger partial charge in [0.05, 0.1) is 0 Å². The average molecular weight is 683 g/mol. The van der Waals surface area contributed by atoms with Gasteiger partial charge < -0.3 is 0 Å². The normalized spacial score (nSPS) is 11.7. The second-order valence-electron chi connectivity index (χ2n) is 14.4. The van der Waals surface area contributed by atoms with Gasteiger partial charge in [0.1, 0.15) is 0 Å². The van der Waals surface area contributed by atoms with Crippen LogP contribution in [0.4, 0.5) is 0 Å². The minimum atomic E-state index is 1.22. The van der Waals surface area contributed by atoms with Gasteiger partial charge in [-0.25, -0.2) is 0 Å². The molecule has 0 aliphatic rings. The lowest BCUT2D eigenvalue weighted by Crippen LogP contribution is -1.92. The molecule has 11 aromatic carbocycles. The van der Waals surface area contributed by atoms with Crippen LogP contribution < -0.4 is 0 Å². The maximum Gasteiger partial charge on any atom is -0.00262 e. The maximum atomic E-state index is 2.41. The number of hydrogen-bond acceptors (Lipinski definition) is 0. The minimum Gasteiger partial charge on any atom is -0.0616 e. The third-order valence-corrected chi connectivity index (χ3v) is 11.4. The van der Waals surface area contributed by atoms with Crippen molar-refractivity contribution in [3.63, 3.8) is 0 Å². The fourth-order valence-corrected chi connectivity index (χ4v) is 8.93. The first kappa shape index (κ1) is 30.6. The smallest absolute Gasteiger partial charge is 0.00262 e. The molecule has 0 heterocycles. The molecule has 250 valence electrons. The molecule has 0 aliphatic carbocycles. The molecule has 11 rings (SSSR count). The van der Waals surface area contributed by atoms with Crippen LogP contribution in [-0.4, -0.2) is 0 Å². The van der Waals surface area contributed by atoms with Gasteiger partial charge in [0.2, 0.25) is 0 Å². The molecule has 0 nitrogen and oxygen atoms in total. The monoisotopic (exact) mass is 682 g/mol. The van der Waals surface area contributed by atoms with E-state index in [1.165, 1.54) is 109 Å². The second kappa shape index (κ2) is 12.3. The zero-order valence-electron chi connectivity index (χ0n) is 29.6. The van der Waals surface area contributed by atoms with Crippen molar-refractivity contribution in [3.05, 3.63) is 206 Å². The summed E-state index contributed by atoms with van der Waals surface area (Å²) in [4.78, 5) is 0. The first-order valence-electron chi connectivity index (χ1n) is 18.8. The standard InChI is InChI=1S/C54H34/c1-2-15-37-31-39(29-27-35(37)13-1)38-16-11-18-41(32-38)53-47-23-7-9-25-49(47)54(50-26-10-8-24-48(50)53)42-19-12-17-40(33-42)51-34-43-30-28-36-14-3-4-20-44(36)52(43)46-22-6-5-21-45(46)51/h1-34H. The van der Waals surface area contributed by atoms with Crippen LogP contribution in [0.1, 0.15) is 0 Å². The van der Waals surface area contributed by atoms with Gasteiger partial charge in [-0.2, -0.15) is 0 Å². The Kier molecular flexibility index (Phi) is 6.97. The summed E-state index contributed by atoms with van der Waals surface area (Å²) in [6, 6.07) is 76.1. The lowest BCUT2D eigenvalue weighted by atomic mass is 9.84. The van der Waals surface area contributed by atoms with Crippen LogP contribution in [0.2, 0.25) is 0 Å². The Balaban J connectivity index is 1.12. The molecule has 0 radical (unpaired) electrons. The van der Waals surface area contributed by atoms with Crippen molar-refractivity contribution in [2.75, 3.05) is 0 Å². The van der Waals surface area contributed by atoms with E-state index in [0.29, 0.717) is 0 Å². The summed E-state index contributed by atoms with van der Waals surface area (Å²) in [5, 5.41) is 15.3. The van der Waals surface area contributed by atoms with Crippen molar-refractivity contribution in [2.24, 2.45) is 0 Å². The lowest BCUT2D eigenvalue weighted by Gasteiger charge is -2.19. The van der Waals surface area contributed by atoms with Crippen LogP contribution in [0.25, 0.3) is 109 Å². The molecule has 0 bridgehead atoms. The van der Waals surface area contributed by atoms with Gasteiger partial charge in [0, 0.05) is 0 Å². The van der Waals surface area contributed by atoms with Gasteiger partial charge >= 0.3 is 0 Å². The fraction of sp³-hybridized carbons (Fsp3) is 0. The van der Waals surface area contributed by atoms with E-state index in [2.05, 4.69) is 206 Å². The summed E-state index contributed by atoms with van der Waals surface area (Å²) in [6.45, 7) is 0. The van der Waals surface area contributed by atoms with E-state index >= 15 is 0 Å². The summed E-state index contributed by atoms with van der Waals surface area (Å²) in [6.07, 6.45) is 0. The Morgan fingerprint density at radius 1 is 0.204 bits per heavy atom. The van der Waals surface area contributed by atoms with Crippen molar-refractivity contribution in [1.82, 2.24) is 0 Å². The van der Waals surface area contributed by atoms with Crippen LogP contribution in [0.5, 0.6) is 0 Å². The quantitative estimate of drug-likeness (QED) is 0.128. The van der Waals surface area contributed by atoms with E-state index in [1.54, 1.807) is 0 Å². The van der Waals surface area contributed by atoms with E-state index in [1.807, 2.05) is 0 Å². The Labute approximate surface area is 314 Å². The van der Waals surface area contributed by atoms with E-state index in [0.717, 1.165) is 0 Å². The highest BCUT2D eigenvalue weighted by atomic mass is 14.2. The molecular formula is C54H34. The molecule has 0 spiro atoms. The first-order chi connectivity index (χ1) is 26.8. The van der Waals surface area contributed by atoms with E-state index in [-0.39, 0.29) is 0 Å². The highest BCUT2D eigenvalue weighted by Gasteiger charge is 2.18. The highest BCUT2D eigenvalue weighted by molar-refractivity contribution is 6.24. The van der Waals surface area contributed by atoms with E-state index < -0.39 is 0 Å². The van der Waals surface area contributed by atoms with E-state index in [9.17, 15) is 0 Å². The Bertz CT molecular complexity index is 3220. The molecule has 11 aromatic rings. The third-order valence-electron chi connectivity index (χ3n) is 11.4. The van der Waals surface area contributed by atoms with Gasteiger partial charge in [-0.05, 0) is 133 Å². The highest BCUT2D eigenvalue weighted by Crippen LogP contribution is 2.46. The Hall–Kier alpha value is -7.02. The topological polar surface area (TPSA) is 0 Å². The molecule has 0 saturated carbocycles. The Morgan fingerprint density at radius 3 is 1.31 bits per heavy atom. The molecule has 0 N–H and O–H groups in total. The largest absolute Gasteiger partial charge is 0.0616 e. The molecule has 0 amide bonds. The summed E-state index contributed by atoms with van der Waals surface area (Å²) in [5.41, 5.74) is 9.92. The summed E-state index contributed by atoms with van der Waals surface area (Å²) >= 11 is 0. The minimum absolute atomic E-state index is 1.22. The molecule has 0 atom stereocenters. The summed E-state index contributed by atoms with van der Waals surface area (Å²) in [5.74, 6) is 0. The van der Waals surface area contributed by atoms with Crippen LogP contribution in [0, 0.1) is 0 Å². The number of benzene rings is 11. The van der Waals surface area contributed by atoms with E-state index in [4.69, 9.17) is 0 Å². The zero-order valence-corrected chi connectivity index (χ0v) is 29.6. The van der Waals surface area contributed by atoms with Gasteiger partial charge in [0.15, 0.2) is 0 Å². The molecule has 0 aliphatic heterocycles. The molecule has 54 heavy (non-hydrogen) atoms. The van der Waals surface area contributed by atoms with Gasteiger partial charge in [-0.15, -0.1) is 0 Å². The maximum absolute atomic E-state index is 2.41. The van der Waals surface area contributed by atoms with Gasteiger partial charge in [-0.1, -0.05) is 182 Å². The van der Waals surface area contributed by atoms with Crippen molar-refractivity contribution < 1.29 is 0 Å². The van der Waals surface area contributed by atoms with Crippen molar-refractivity contribution in [3.8, 4) is 44.5 Å². The van der Waals surface area contributed by atoms with Crippen molar-refractivity contribution >= 4 is 64.6 Å². The predicted molar refractivity (Wildman–Crippen MR) is 233 cm³/mol. The number of rotatable bonds is 4.